The van der Waals surface area contributed by atoms with Gasteiger partial charge in [-0.15, -0.1) is 11.6 Å². The van der Waals surface area contributed by atoms with Gasteiger partial charge in [0, 0.05) is 11.6 Å². The van der Waals surface area contributed by atoms with E-state index < -0.39 is 0 Å². The molecule has 4 heteroatoms. The lowest BCUT2D eigenvalue weighted by Crippen LogP contribution is -1.79. The van der Waals surface area contributed by atoms with E-state index in [9.17, 15) is 4.39 Å². The molecule has 1 aromatic heterocycles. The number of alkyl halides is 1. The number of rotatable bonds is 2. The van der Waals surface area contributed by atoms with E-state index in [1.807, 2.05) is 0 Å². The average molecular weight is 226 g/mol. The molecule has 2 aromatic rings. The number of benzene rings is 1. The summed E-state index contributed by atoms with van der Waals surface area (Å²) in [6, 6.07) is 7.90. The monoisotopic (exact) mass is 225 g/mol. The minimum atomic E-state index is -0.295. The molecular weight excluding hydrogens is 217 g/mol. The number of hydrogen-bond acceptors (Lipinski definition) is 2. The minimum absolute atomic E-state index is 0.236. The smallest absolute Gasteiger partial charge is 0.154 e. The van der Waals surface area contributed by atoms with E-state index in [4.69, 9.17) is 16.1 Å². The number of halogens is 2. The first kappa shape index (κ1) is 10.2. The van der Waals surface area contributed by atoms with Crippen molar-refractivity contribution < 1.29 is 8.91 Å². The van der Waals surface area contributed by atoms with Crippen LogP contribution in [-0.2, 0) is 0 Å². The van der Waals surface area contributed by atoms with E-state index in [1.54, 1.807) is 25.1 Å². The Bertz CT molecular complexity index is 467. The standard InChI is InChI=1S/C11H9ClFNO/c1-7(12)11-6-10(14-15-11)8-3-2-4-9(13)5-8/h2-7H,1H3. The Morgan fingerprint density at radius 1 is 1.40 bits per heavy atom. The predicted octanol–water partition coefficient (Wildman–Crippen LogP) is 3.78. The fourth-order valence-electron chi connectivity index (χ4n) is 1.26. The van der Waals surface area contributed by atoms with Crippen molar-refractivity contribution in [2.24, 2.45) is 0 Å². The molecule has 0 spiro atoms. The van der Waals surface area contributed by atoms with Crippen LogP contribution in [0.5, 0.6) is 0 Å². The van der Waals surface area contributed by atoms with Crippen LogP contribution in [0, 0.1) is 5.82 Å². The van der Waals surface area contributed by atoms with E-state index in [2.05, 4.69) is 5.16 Å². The second kappa shape index (κ2) is 4.03. The molecule has 78 valence electrons. The normalized spacial score (nSPS) is 12.7. The molecule has 1 atom stereocenters. The van der Waals surface area contributed by atoms with Gasteiger partial charge >= 0.3 is 0 Å². The lowest BCUT2D eigenvalue weighted by molar-refractivity contribution is 0.386. The molecule has 0 aliphatic carbocycles. The molecule has 15 heavy (non-hydrogen) atoms. The van der Waals surface area contributed by atoms with E-state index >= 15 is 0 Å². The molecule has 1 unspecified atom stereocenters. The maximum Gasteiger partial charge on any atom is 0.154 e. The SMILES string of the molecule is CC(Cl)c1cc(-c2cccc(F)c2)no1. The van der Waals surface area contributed by atoms with E-state index in [0.29, 0.717) is 17.0 Å². The summed E-state index contributed by atoms with van der Waals surface area (Å²) in [6.45, 7) is 1.79. The summed E-state index contributed by atoms with van der Waals surface area (Å²) in [6.07, 6.45) is 0. The van der Waals surface area contributed by atoms with Crippen molar-refractivity contribution in [2.45, 2.75) is 12.3 Å². The molecule has 0 aliphatic rings. The van der Waals surface area contributed by atoms with Gasteiger partial charge in [-0.1, -0.05) is 17.3 Å². The third-order valence-corrected chi connectivity index (χ3v) is 2.26. The average Bonchev–Trinajstić information content (AvgIpc) is 2.66. The zero-order valence-electron chi connectivity index (χ0n) is 8.08. The molecule has 0 bridgehead atoms. The molecule has 1 aromatic carbocycles. The van der Waals surface area contributed by atoms with Crippen molar-refractivity contribution in [3.63, 3.8) is 0 Å². The maximum absolute atomic E-state index is 12.9. The molecule has 0 aliphatic heterocycles. The van der Waals surface area contributed by atoms with E-state index in [1.165, 1.54) is 12.1 Å². The molecule has 0 saturated carbocycles. The lowest BCUT2D eigenvalue weighted by atomic mass is 10.1. The van der Waals surface area contributed by atoms with Crippen molar-refractivity contribution >= 4 is 11.6 Å². The van der Waals surface area contributed by atoms with Crippen molar-refractivity contribution in [1.82, 2.24) is 5.16 Å². The quantitative estimate of drug-likeness (QED) is 0.727. The van der Waals surface area contributed by atoms with Crippen molar-refractivity contribution in [3.05, 3.63) is 41.9 Å². The Morgan fingerprint density at radius 2 is 2.20 bits per heavy atom. The highest BCUT2D eigenvalue weighted by Gasteiger charge is 2.10. The van der Waals surface area contributed by atoms with Gasteiger partial charge < -0.3 is 4.52 Å². The molecule has 2 nitrogen and oxygen atoms in total. The Morgan fingerprint density at radius 3 is 2.80 bits per heavy atom. The van der Waals surface area contributed by atoms with Gasteiger partial charge in [-0.25, -0.2) is 4.39 Å². The summed E-state index contributed by atoms with van der Waals surface area (Å²) in [7, 11) is 0. The largest absolute Gasteiger partial charge is 0.359 e. The van der Waals surface area contributed by atoms with Gasteiger partial charge in [-0.3, -0.25) is 0 Å². The second-order valence-corrected chi connectivity index (χ2v) is 3.90. The van der Waals surface area contributed by atoms with Crippen molar-refractivity contribution in [2.75, 3.05) is 0 Å². The Labute approximate surface area is 91.7 Å². The van der Waals surface area contributed by atoms with E-state index in [-0.39, 0.29) is 11.2 Å². The van der Waals surface area contributed by atoms with Crippen LogP contribution in [0.25, 0.3) is 11.3 Å². The Kier molecular flexibility index (Phi) is 2.73. The van der Waals surface area contributed by atoms with Crippen LogP contribution in [0.1, 0.15) is 18.1 Å². The summed E-state index contributed by atoms with van der Waals surface area (Å²) >= 11 is 5.83. The number of hydrogen-bond donors (Lipinski definition) is 0. The predicted molar refractivity (Wildman–Crippen MR) is 56.2 cm³/mol. The maximum atomic E-state index is 12.9. The van der Waals surface area contributed by atoms with Gasteiger partial charge in [-0.2, -0.15) is 0 Å². The summed E-state index contributed by atoms with van der Waals surface area (Å²) in [5, 5.41) is 3.59. The van der Waals surface area contributed by atoms with Crippen LogP contribution < -0.4 is 0 Å². The van der Waals surface area contributed by atoms with Crippen molar-refractivity contribution in [3.8, 4) is 11.3 Å². The van der Waals surface area contributed by atoms with Gasteiger partial charge in [-0.05, 0) is 19.1 Å². The van der Waals surface area contributed by atoms with Crippen LogP contribution in [-0.4, -0.2) is 5.16 Å². The van der Waals surface area contributed by atoms with Crippen LogP contribution in [0.2, 0.25) is 0 Å². The van der Waals surface area contributed by atoms with Crippen LogP contribution in [0.15, 0.2) is 34.9 Å². The summed E-state index contributed by atoms with van der Waals surface area (Å²) in [5.41, 5.74) is 1.28. The first-order valence-corrected chi connectivity index (χ1v) is 4.97. The minimum Gasteiger partial charge on any atom is -0.359 e. The third-order valence-electron chi connectivity index (χ3n) is 2.04. The zero-order chi connectivity index (χ0) is 10.8. The summed E-state index contributed by atoms with van der Waals surface area (Å²) in [5.74, 6) is 0.284. The van der Waals surface area contributed by atoms with Crippen molar-refractivity contribution in [1.29, 1.82) is 0 Å². The number of nitrogens with zero attached hydrogens (tertiary/aromatic N) is 1. The molecule has 0 radical (unpaired) electrons. The van der Waals surface area contributed by atoms with E-state index in [0.717, 1.165) is 0 Å². The topological polar surface area (TPSA) is 26.0 Å². The molecule has 0 amide bonds. The zero-order valence-corrected chi connectivity index (χ0v) is 8.83. The van der Waals surface area contributed by atoms with Crippen LogP contribution >= 0.6 is 11.6 Å². The van der Waals surface area contributed by atoms with Gasteiger partial charge in [0.1, 0.15) is 11.5 Å². The van der Waals surface area contributed by atoms with Gasteiger partial charge in [0.15, 0.2) is 5.76 Å². The van der Waals surface area contributed by atoms with Gasteiger partial charge in [0.2, 0.25) is 0 Å². The molecule has 0 fully saturated rings. The first-order chi connectivity index (χ1) is 7.16. The fraction of sp³-hybridized carbons (Fsp3) is 0.182. The van der Waals surface area contributed by atoms with Crippen LogP contribution in [0.4, 0.5) is 4.39 Å². The summed E-state index contributed by atoms with van der Waals surface area (Å²) in [4.78, 5) is 0. The molecule has 0 N–H and O–H groups in total. The van der Waals surface area contributed by atoms with Gasteiger partial charge in [0.25, 0.3) is 0 Å². The highest BCUT2D eigenvalue weighted by atomic mass is 35.5. The first-order valence-electron chi connectivity index (χ1n) is 4.53. The molecular formula is C11H9ClFNO. The highest BCUT2D eigenvalue weighted by Crippen LogP contribution is 2.25. The molecule has 2 rings (SSSR count). The van der Waals surface area contributed by atoms with Crippen LogP contribution in [0.3, 0.4) is 0 Å². The molecule has 1 heterocycles. The lowest BCUT2D eigenvalue weighted by Gasteiger charge is -1.94. The molecule has 0 saturated heterocycles. The third kappa shape index (κ3) is 2.18. The fourth-order valence-corrected chi connectivity index (χ4v) is 1.36. The second-order valence-electron chi connectivity index (χ2n) is 3.24. The Hall–Kier alpha value is -1.35. The highest BCUT2D eigenvalue weighted by molar-refractivity contribution is 6.20. The summed E-state index contributed by atoms with van der Waals surface area (Å²) < 4.78 is 17.9. The Balaban J connectivity index is 2.37. The van der Waals surface area contributed by atoms with Gasteiger partial charge in [0.05, 0.1) is 5.38 Å². The number of aromatic nitrogens is 1.